The van der Waals surface area contributed by atoms with Crippen LogP contribution in [0, 0.1) is 12.3 Å². The number of hydroxylamine groups is 1. The van der Waals surface area contributed by atoms with E-state index in [4.69, 9.17) is 16.4 Å². The van der Waals surface area contributed by atoms with Gasteiger partial charge in [-0.3, -0.25) is 10.0 Å². The zero-order valence-corrected chi connectivity index (χ0v) is 16.6. The summed E-state index contributed by atoms with van der Waals surface area (Å²) in [5, 5.41) is 12.6. The van der Waals surface area contributed by atoms with Crippen molar-refractivity contribution in [3.63, 3.8) is 0 Å². The van der Waals surface area contributed by atoms with E-state index in [1.54, 1.807) is 5.48 Å². The molecule has 0 fully saturated rings. The average Bonchev–Trinajstić information content (AvgIpc) is 2.78. The molecule has 0 saturated heterocycles. The first-order valence-electron chi connectivity index (χ1n) is 9.84. The van der Waals surface area contributed by atoms with Crippen LogP contribution in [0.5, 0.6) is 5.75 Å². The fourth-order valence-electron chi connectivity index (χ4n) is 3.04. The van der Waals surface area contributed by atoms with Crippen molar-refractivity contribution >= 4 is 28.3 Å². The molecule has 0 atom stereocenters. The summed E-state index contributed by atoms with van der Waals surface area (Å²) in [6.45, 7) is 0.582. The summed E-state index contributed by atoms with van der Waals surface area (Å²) in [7, 11) is 0. The fraction of sp³-hybridized carbons (Fsp3) is 0.261. The van der Waals surface area contributed by atoms with Crippen LogP contribution in [0.25, 0.3) is 10.9 Å². The third-order valence-corrected chi connectivity index (χ3v) is 4.59. The molecule has 30 heavy (non-hydrogen) atoms. The summed E-state index contributed by atoms with van der Waals surface area (Å²) in [5.74, 6) is 3.71. The van der Waals surface area contributed by atoms with E-state index in [1.165, 1.54) is 6.33 Å². The predicted octanol–water partition coefficient (Wildman–Crippen LogP) is 4.19. The smallest absolute Gasteiger partial charge is 0.243 e. The second-order valence-electron chi connectivity index (χ2n) is 6.80. The molecule has 0 radical (unpaired) electrons. The first kappa shape index (κ1) is 21.1. The third kappa shape index (κ3) is 5.93. The highest BCUT2D eigenvalue weighted by molar-refractivity contribution is 5.91. The number of aromatic nitrogens is 2. The minimum atomic E-state index is -0.347. The normalized spacial score (nSPS) is 10.4. The summed E-state index contributed by atoms with van der Waals surface area (Å²) in [6.07, 6.45) is 10.8. The molecule has 7 nitrogen and oxygen atoms in total. The molecule has 2 aromatic carbocycles. The van der Waals surface area contributed by atoms with Crippen LogP contribution in [0.3, 0.4) is 0 Å². The number of nitrogens with one attached hydrogen (secondary N) is 2. The number of hydrogen-bond donors (Lipinski definition) is 3. The topological polar surface area (TPSA) is 96.4 Å². The van der Waals surface area contributed by atoms with Gasteiger partial charge in [-0.15, -0.1) is 6.42 Å². The van der Waals surface area contributed by atoms with Crippen molar-refractivity contribution in [2.45, 2.75) is 32.1 Å². The molecule has 1 amide bonds. The maximum atomic E-state index is 11.0. The molecule has 0 aliphatic carbocycles. The molecule has 3 rings (SSSR count). The standard InChI is InChI=1S/C23H24N4O3/c1-2-17-8-7-9-18(14-17)26-23-20-15-19(11-12-21(20)24-16-25-23)30-13-6-4-3-5-10-22(28)27-29/h1,7-9,11-12,14-16,29H,3-6,10,13H2,(H,27,28)(H,24,25,26). The van der Waals surface area contributed by atoms with Crippen LogP contribution in [0.15, 0.2) is 48.8 Å². The molecular formula is C23H24N4O3. The van der Waals surface area contributed by atoms with E-state index in [0.29, 0.717) is 18.8 Å². The minimum absolute atomic E-state index is 0.335. The summed E-state index contributed by atoms with van der Waals surface area (Å²) >= 11 is 0. The van der Waals surface area contributed by atoms with Gasteiger partial charge in [-0.1, -0.05) is 24.8 Å². The number of unbranched alkanes of at least 4 members (excludes halogenated alkanes) is 3. The number of nitrogens with zero attached hydrogens (tertiary/aromatic N) is 2. The number of ether oxygens (including phenoxy) is 1. The Morgan fingerprint density at radius 2 is 1.97 bits per heavy atom. The largest absolute Gasteiger partial charge is 0.494 e. The van der Waals surface area contributed by atoms with Gasteiger partial charge in [-0.25, -0.2) is 15.4 Å². The van der Waals surface area contributed by atoms with Crippen LogP contribution in [0.1, 0.15) is 37.7 Å². The molecule has 0 spiro atoms. The van der Waals surface area contributed by atoms with Gasteiger partial charge in [0.05, 0.1) is 12.1 Å². The monoisotopic (exact) mass is 404 g/mol. The van der Waals surface area contributed by atoms with E-state index >= 15 is 0 Å². The molecule has 0 bridgehead atoms. The summed E-state index contributed by atoms with van der Waals surface area (Å²) in [5.41, 5.74) is 4.10. The van der Waals surface area contributed by atoms with Gasteiger partial charge >= 0.3 is 0 Å². The second-order valence-corrected chi connectivity index (χ2v) is 6.80. The lowest BCUT2D eigenvalue weighted by molar-refractivity contribution is -0.129. The zero-order valence-electron chi connectivity index (χ0n) is 16.6. The van der Waals surface area contributed by atoms with Crippen LogP contribution in [0.2, 0.25) is 0 Å². The molecule has 3 N–H and O–H groups in total. The molecule has 1 heterocycles. The number of hydrogen-bond acceptors (Lipinski definition) is 6. The predicted molar refractivity (Wildman–Crippen MR) is 116 cm³/mol. The van der Waals surface area contributed by atoms with Crippen molar-refractivity contribution in [2.24, 2.45) is 0 Å². The van der Waals surface area contributed by atoms with Crippen molar-refractivity contribution in [1.29, 1.82) is 0 Å². The van der Waals surface area contributed by atoms with Gasteiger partial charge in [0.1, 0.15) is 17.9 Å². The SMILES string of the molecule is C#Cc1cccc(Nc2ncnc3ccc(OCCCCCCC(=O)NO)cc23)c1. The van der Waals surface area contributed by atoms with Gasteiger partial charge in [-0.2, -0.15) is 0 Å². The van der Waals surface area contributed by atoms with Crippen LogP contribution in [0.4, 0.5) is 11.5 Å². The number of carbonyl (C=O) groups excluding carboxylic acids is 1. The van der Waals surface area contributed by atoms with Crippen LogP contribution >= 0.6 is 0 Å². The quantitative estimate of drug-likeness (QED) is 0.203. The van der Waals surface area contributed by atoms with Gasteiger partial charge in [0.25, 0.3) is 0 Å². The van der Waals surface area contributed by atoms with Crippen molar-refractivity contribution in [3.8, 4) is 18.1 Å². The Balaban J connectivity index is 1.59. The highest BCUT2D eigenvalue weighted by Gasteiger charge is 2.07. The Labute approximate surface area is 175 Å². The molecule has 0 saturated carbocycles. The lowest BCUT2D eigenvalue weighted by Gasteiger charge is -2.11. The fourth-order valence-corrected chi connectivity index (χ4v) is 3.04. The molecule has 0 aliphatic rings. The number of amides is 1. The van der Waals surface area contributed by atoms with E-state index in [2.05, 4.69) is 21.2 Å². The molecule has 1 aromatic heterocycles. The number of carbonyl (C=O) groups is 1. The molecule has 154 valence electrons. The van der Waals surface area contributed by atoms with E-state index in [1.807, 2.05) is 42.5 Å². The summed E-state index contributed by atoms with van der Waals surface area (Å²) < 4.78 is 5.88. The number of rotatable bonds is 10. The highest BCUT2D eigenvalue weighted by atomic mass is 16.5. The molecule has 0 unspecified atom stereocenters. The number of fused-ring (bicyclic) bond motifs is 1. The third-order valence-electron chi connectivity index (χ3n) is 4.59. The maximum Gasteiger partial charge on any atom is 0.243 e. The highest BCUT2D eigenvalue weighted by Crippen LogP contribution is 2.27. The van der Waals surface area contributed by atoms with E-state index < -0.39 is 0 Å². The Hall–Kier alpha value is -3.63. The van der Waals surface area contributed by atoms with Gasteiger partial charge in [0.15, 0.2) is 0 Å². The molecule has 3 aromatic rings. The van der Waals surface area contributed by atoms with Crippen molar-refractivity contribution in [2.75, 3.05) is 11.9 Å². The molecular weight excluding hydrogens is 380 g/mol. The van der Waals surface area contributed by atoms with Crippen molar-refractivity contribution < 1.29 is 14.7 Å². The summed E-state index contributed by atoms with van der Waals surface area (Å²) in [4.78, 5) is 19.6. The second kappa shape index (κ2) is 10.8. The Morgan fingerprint density at radius 3 is 2.80 bits per heavy atom. The first-order chi connectivity index (χ1) is 14.7. The zero-order chi connectivity index (χ0) is 21.2. The van der Waals surface area contributed by atoms with Crippen LogP contribution in [-0.4, -0.2) is 27.7 Å². The van der Waals surface area contributed by atoms with E-state index in [-0.39, 0.29) is 5.91 Å². The van der Waals surface area contributed by atoms with Gasteiger partial charge < -0.3 is 10.1 Å². The van der Waals surface area contributed by atoms with Gasteiger partial charge in [0, 0.05) is 23.1 Å². The van der Waals surface area contributed by atoms with Crippen LogP contribution < -0.4 is 15.5 Å². The Bertz CT molecular complexity index is 1050. The van der Waals surface area contributed by atoms with E-state index in [9.17, 15) is 4.79 Å². The van der Waals surface area contributed by atoms with Gasteiger partial charge in [-0.05, 0) is 49.2 Å². The Morgan fingerprint density at radius 1 is 1.10 bits per heavy atom. The lowest BCUT2D eigenvalue weighted by Crippen LogP contribution is -2.17. The van der Waals surface area contributed by atoms with Crippen molar-refractivity contribution in [3.05, 3.63) is 54.4 Å². The first-order valence-corrected chi connectivity index (χ1v) is 9.84. The lowest BCUT2D eigenvalue weighted by atomic mass is 10.1. The number of anilines is 2. The number of benzene rings is 2. The average molecular weight is 404 g/mol. The van der Waals surface area contributed by atoms with E-state index in [0.717, 1.165) is 53.6 Å². The molecule has 7 heteroatoms. The summed E-state index contributed by atoms with van der Waals surface area (Å²) in [6, 6.07) is 13.3. The van der Waals surface area contributed by atoms with Crippen molar-refractivity contribution in [1.82, 2.24) is 15.4 Å². The van der Waals surface area contributed by atoms with Gasteiger partial charge in [0.2, 0.25) is 5.91 Å². The maximum absolute atomic E-state index is 11.0. The van der Waals surface area contributed by atoms with Crippen LogP contribution in [-0.2, 0) is 4.79 Å². The minimum Gasteiger partial charge on any atom is -0.494 e. The molecule has 0 aliphatic heterocycles. The number of terminal acetylenes is 1. The Kier molecular flexibility index (Phi) is 7.58.